The van der Waals surface area contributed by atoms with Crippen LogP contribution < -0.4 is 10.2 Å². The van der Waals surface area contributed by atoms with Crippen LogP contribution in [0.15, 0.2) is 42.6 Å². The number of amides is 1. The Labute approximate surface area is 175 Å². The van der Waals surface area contributed by atoms with Gasteiger partial charge in [-0.1, -0.05) is 17.3 Å². The number of nitrogens with zero attached hydrogens (tertiary/aromatic N) is 5. The van der Waals surface area contributed by atoms with Crippen LogP contribution in [0.5, 0.6) is 0 Å². The lowest BCUT2D eigenvalue weighted by atomic mass is 9.89. The van der Waals surface area contributed by atoms with E-state index in [1.165, 1.54) is 0 Å². The van der Waals surface area contributed by atoms with Crippen molar-refractivity contribution in [2.75, 3.05) is 16.8 Å². The Kier molecular flexibility index (Phi) is 5.50. The third-order valence-corrected chi connectivity index (χ3v) is 5.39. The minimum atomic E-state index is 0.00679. The molecular formula is C22H26N6O2. The van der Waals surface area contributed by atoms with Gasteiger partial charge in [0.25, 0.3) is 0 Å². The van der Waals surface area contributed by atoms with Crippen LogP contribution in [0.1, 0.15) is 37.6 Å². The van der Waals surface area contributed by atoms with E-state index in [9.17, 15) is 4.79 Å². The number of carbonyl (C=O) groups excluding carboxylic acids is 1. The third kappa shape index (κ3) is 3.91. The van der Waals surface area contributed by atoms with Gasteiger partial charge in [-0.3, -0.25) is 4.79 Å². The Morgan fingerprint density at radius 2 is 2.13 bits per heavy atom. The molecule has 1 aliphatic rings. The summed E-state index contributed by atoms with van der Waals surface area (Å²) in [6, 6.07) is 12.0. The number of aliphatic hydroxyl groups is 1. The summed E-state index contributed by atoms with van der Waals surface area (Å²) in [5, 5.41) is 21.0. The Hall–Kier alpha value is -3.26. The molecule has 2 aromatic heterocycles. The Bertz CT molecular complexity index is 1060. The number of fused-ring (bicyclic) bond motifs is 1. The fraction of sp³-hybridized carbons (Fsp3) is 0.364. The Morgan fingerprint density at radius 1 is 1.30 bits per heavy atom. The molecule has 4 rings (SSSR count). The topological polar surface area (TPSA) is 96.2 Å². The molecular weight excluding hydrogens is 380 g/mol. The first-order chi connectivity index (χ1) is 14.5. The molecule has 156 valence electrons. The number of aromatic nitrogens is 4. The van der Waals surface area contributed by atoms with Crippen LogP contribution in [0, 0.1) is 6.92 Å². The van der Waals surface area contributed by atoms with Crippen LogP contribution in [0.3, 0.4) is 0 Å². The van der Waals surface area contributed by atoms with Gasteiger partial charge in [0.2, 0.25) is 5.91 Å². The number of aryl methyl sites for hydroxylation is 1. The summed E-state index contributed by atoms with van der Waals surface area (Å²) >= 11 is 0. The lowest BCUT2D eigenvalue weighted by Gasteiger charge is -2.39. The Morgan fingerprint density at radius 3 is 2.87 bits per heavy atom. The first-order valence-corrected chi connectivity index (χ1v) is 10.1. The summed E-state index contributed by atoms with van der Waals surface area (Å²) in [6.07, 6.45) is 2.58. The van der Waals surface area contributed by atoms with Gasteiger partial charge in [-0.15, -0.1) is 5.10 Å². The van der Waals surface area contributed by atoms with Gasteiger partial charge in [-0.2, -0.15) is 0 Å². The number of hydrogen-bond donors (Lipinski definition) is 2. The third-order valence-electron chi connectivity index (χ3n) is 5.39. The number of aliphatic hydroxyl groups excluding tert-OH is 1. The summed E-state index contributed by atoms with van der Waals surface area (Å²) in [6.45, 7) is 6.04. The predicted molar refractivity (Wildman–Crippen MR) is 115 cm³/mol. The SMILES string of the molecule is CC(=O)N1c2ccc(-c3cn(CCO)nn3)cc2[C@H](Nc2cccc(C)n2)C[C@@H]1C. The van der Waals surface area contributed by atoms with E-state index in [-0.39, 0.29) is 24.6 Å². The van der Waals surface area contributed by atoms with Gasteiger partial charge in [-0.05, 0) is 50.1 Å². The average molecular weight is 406 g/mol. The van der Waals surface area contributed by atoms with E-state index in [1.807, 2.05) is 48.4 Å². The number of hydrogen-bond acceptors (Lipinski definition) is 6. The van der Waals surface area contributed by atoms with Crippen molar-refractivity contribution < 1.29 is 9.90 Å². The molecule has 1 aromatic carbocycles. The molecule has 0 unspecified atom stereocenters. The zero-order valence-electron chi connectivity index (χ0n) is 17.4. The lowest BCUT2D eigenvalue weighted by molar-refractivity contribution is -0.117. The highest BCUT2D eigenvalue weighted by molar-refractivity contribution is 5.94. The maximum Gasteiger partial charge on any atom is 0.224 e. The molecule has 3 heterocycles. The number of anilines is 2. The maximum absolute atomic E-state index is 12.4. The van der Waals surface area contributed by atoms with E-state index in [0.29, 0.717) is 6.54 Å². The highest BCUT2D eigenvalue weighted by Gasteiger charge is 2.33. The van der Waals surface area contributed by atoms with Gasteiger partial charge >= 0.3 is 0 Å². The quantitative estimate of drug-likeness (QED) is 0.676. The van der Waals surface area contributed by atoms with Crippen LogP contribution >= 0.6 is 0 Å². The van der Waals surface area contributed by atoms with E-state index in [2.05, 4.69) is 33.6 Å². The monoisotopic (exact) mass is 406 g/mol. The first-order valence-electron chi connectivity index (χ1n) is 10.1. The van der Waals surface area contributed by atoms with Crippen LogP contribution in [0.4, 0.5) is 11.5 Å². The molecule has 0 bridgehead atoms. The van der Waals surface area contributed by atoms with Crippen molar-refractivity contribution in [1.29, 1.82) is 0 Å². The van der Waals surface area contributed by atoms with Gasteiger partial charge in [0.1, 0.15) is 11.5 Å². The van der Waals surface area contributed by atoms with Gasteiger partial charge in [0.15, 0.2) is 0 Å². The first kappa shape index (κ1) is 20.0. The van der Waals surface area contributed by atoms with Crippen molar-refractivity contribution in [3.05, 3.63) is 53.9 Å². The second kappa shape index (κ2) is 8.23. The molecule has 30 heavy (non-hydrogen) atoms. The van der Waals surface area contributed by atoms with E-state index in [1.54, 1.807) is 11.6 Å². The molecule has 1 amide bonds. The molecule has 2 atom stereocenters. The van der Waals surface area contributed by atoms with Crippen molar-refractivity contribution in [3.8, 4) is 11.3 Å². The van der Waals surface area contributed by atoms with Crippen LogP contribution in [0.25, 0.3) is 11.3 Å². The number of nitrogens with one attached hydrogen (secondary N) is 1. The Balaban J connectivity index is 1.74. The normalized spacial score (nSPS) is 18.2. The van der Waals surface area contributed by atoms with Crippen molar-refractivity contribution >= 4 is 17.4 Å². The van der Waals surface area contributed by atoms with Gasteiger partial charge in [0, 0.05) is 29.9 Å². The average Bonchev–Trinajstić information content (AvgIpc) is 3.16. The molecule has 8 heteroatoms. The van der Waals surface area contributed by atoms with Crippen LogP contribution in [-0.2, 0) is 11.3 Å². The summed E-state index contributed by atoms with van der Waals surface area (Å²) in [5.74, 6) is 0.839. The largest absolute Gasteiger partial charge is 0.394 e. The summed E-state index contributed by atoms with van der Waals surface area (Å²) in [4.78, 5) is 18.8. The predicted octanol–water partition coefficient (Wildman–Crippen LogP) is 2.94. The standard InChI is InChI=1S/C22H26N6O2/c1-14-5-4-6-22(23-14)24-19-11-15(2)28(16(3)30)21-8-7-17(12-18(19)21)20-13-27(9-10-29)26-25-20/h4-8,12-13,15,19,29H,9-11H2,1-3H3,(H,23,24)/t15-,19+/m0/s1. The molecule has 8 nitrogen and oxygen atoms in total. The fourth-order valence-electron chi connectivity index (χ4n) is 4.08. The van der Waals surface area contributed by atoms with E-state index < -0.39 is 0 Å². The summed E-state index contributed by atoms with van der Waals surface area (Å²) in [7, 11) is 0. The summed E-state index contributed by atoms with van der Waals surface area (Å²) in [5.41, 5.74) is 4.52. The minimum Gasteiger partial charge on any atom is -0.394 e. The van der Waals surface area contributed by atoms with Gasteiger partial charge in [-0.25, -0.2) is 9.67 Å². The van der Waals surface area contributed by atoms with E-state index >= 15 is 0 Å². The maximum atomic E-state index is 12.4. The molecule has 0 spiro atoms. The smallest absolute Gasteiger partial charge is 0.224 e. The van der Waals surface area contributed by atoms with E-state index in [4.69, 9.17) is 5.11 Å². The molecule has 0 aliphatic carbocycles. The molecule has 1 aliphatic heterocycles. The lowest BCUT2D eigenvalue weighted by Crippen LogP contribution is -2.43. The summed E-state index contributed by atoms with van der Waals surface area (Å²) < 4.78 is 1.62. The molecule has 0 fully saturated rings. The minimum absolute atomic E-state index is 0.00679. The second-order valence-corrected chi connectivity index (χ2v) is 7.70. The highest BCUT2D eigenvalue weighted by atomic mass is 16.3. The van der Waals surface area contributed by atoms with Crippen LogP contribution in [0.2, 0.25) is 0 Å². The van der Waals surface area contributed by atoms with Gasteiger partial charge < -0.3 is 15.3 Å². The van der Waals surface area contributed by atoms with Crippen molar-refractivity contribution in [2.45, 2.75) is 45.8 Å². The molecule has 2 N–H and O–H groups in total. The highest BCUT2D eigenvalue weighted by Crippen LogP contribution is 2.40. The molecule has 0 saturated heterocycles. The number of benzene rings is 1. The molecule has 0 radical (unpaired) electrons. The van der Waals surface area contributed by atoms with Gasteiger partial charge in [0.05, 0.1) is 25.4 Å². The second-order valence-electron chi connectivity index (χ2n) is 7.70. The molecule has 3 aromatic rings. The van der Waals surface area contributed by atoms with Crippen LogP contribution in [-0.4, -0.2) is 43.6 Å². The fourth-order valence-corrected chi connectivity index (χ4v) is 4.08. The number of pyridine rings is 1. The van der Waals surface area contributed by atoms with E-state index in [0.717, 1.165) is 40.4 Å². The zero-order chi connectivity index (χ0) is 21.3. The number of rotatable bonds is 5. The van der Waals surface area contributed by atoms with Crippen molar-refractivity contribution in [1.82, 2.24) is 20.0 Å². The van der Waals surface area contributed by atoms with Crippen molar-refractivity contribution in [3.63, 3.8) is 0 Å². The number of carbonyl (C=O) groups is 1. The zero-order valence-corrected chi connectivity index (χ0v) is 17.4. The molecule has 0 saturated carbocycles. The van der Waals surface area contributed by atoms with Crippen molar-refractivity contribution in [2.24, 2.45) is 0 Å².